The molecular weight excluding hydrogens is 408 g/mol. The Morgan fingerprint density at radius 3 is 2.38 bits per heavy atom. The Bertz CT molecular complexity index is 811. The number of nitrogens with one attached hydrogen (secondary N) is 2. The molecule has 3 unspecified atom stereocenters. The summed E-state index contributed by atoms with van der Waals surface area (Å²) in [5.41, 5.74) is 5.75. The van der Waals surface area contributed by atoms with Crippen molar-refractivity contribution in [1.82, 2.24) is 15.5 Å². The standard InChI is InChI=1S/C24H38N4O4/c1-7-10-26-21(31)18(29)15(11-13-8-9-13)27-20(30)17-16-14(24(16,5)6)12-28(17)22(32)19(25)23(2,3)4/h7,13-17,19H,1,8-12,25H2,2-6H3,(H,26,31)(H,27,30)/t14-,15?,16?,17-,19?/m0/s1. The highest BCUT2D eigenvalue weighted by Crippen LogP contribution is 2.65. The van der Waals surface area contributed by atoms with Crippen LogP contribution in [0.1, 0.15) is 53.9 Å². The minimum Gasteiger partial charge on any atom is -0.346 e. The van der Waals surface area contributed by atoms with Gasteiger partial charge in [0.1, 0.15) is 6.04 Å². The fraction of sp³-hybridized carbons (Fsp3) is 0.750. The third kappa shape index (κ3) is 4.75. The number of carbonyl (C=O) groups excluding carboxylic acids is 4. The van der Waals surface area contributed by atoms with Crippen molar-refractivity contribution in [2.45, 2.75) is 72.0 Å². The number of hydrogen-bond donors (Lipinski definition) is 3. The molecule has 0 bridgehead atoms. The number of nitrogens with zero attached hydrogens (tertiary/aromatic N) is 1. The fourth-order valence-electron chi connectivity index (χ4n) is 4.95. The highest BCUT2D eigenvalue weighted by atomic mass is 16.2. The lowest BCUT2D eigenvalue weighted by atomic mass is 9.86. The van der Waals surface area contributed by atoms with Gasteiger partial charge in [-0.15, -0.1) is 6.58 Å². The summed E-state index contributed by atoms with van der Waals surface area (Å²) in [7, 11) is 0. The fourth-order valence-corrected chi connectivity index (χ4v) is 4.95. The van der Waals surface area contributed by atoms with Crippen molar-refractivity contribution in [2.24, 2.45) is 34.3 Å². The second-order valence-electron chi connectivity index (χ2n) is 11.3. The van der Waals surface area contributed by atoms with Gasteiger partial charge in [-0.3, -0.25) is 19.2 Å². The van der Waals surface area contributed by atoms with Crippen molar-refractivity contribution < 1.29 is 19.2 Å². The van der Waals surface area contributed by atoms with Crippen LogP contribution < -0.4 is 16.4 Å². The SMILES string of the molecule is C=CCNC(=O)C(=O)C(CC1CC1)NC(=O)[C@@H]1C2[C@H](CN1C(=O)C(N)C(C)(C)C)C2(C)C. The molecular formula is C24H38N4O4. The van der Waals surface area contributed by atoms with Gasteiger partial charge in [0.25, 0.3) is 5.91 Å². The number of likely N-dealkylation sites (tertiary alicyclic amines) is 1. The topological polar surface area (TPSA) is 122 Å². The largest absolute Gasteiger partial charge is 0.346 e. The Kier molecular flexibility index (Phi) is 6.57. The molecule has 0 spiro atoms. The predicted molar refractivity (Wildman–Crippen MR) is 121 cm³/mol. The Hall–Kier alpha value is -2.22. The van der Waals surface area contributed by atoms with E-state index < -0.39 is 35.2 Å². The molecule has 8 heteroatoms. The zero-order chi connectivity index (χ0) is 24.0. The lowest BCUT2D eigenvalue weighted by molar-refractivity contribution is -0.145. The highest BCUT2D eigenvalue weighted by Gasteiger charge is 2.69. The highest BCUT2D eigenvalue weighted by molar-refractivity contribution is 6.38. The maximum atomic E-state index is 13.5. The molecule has 2 saturated carbocycles. The van der Waals surface area contributed by atoms with Crippen LogP contribution in [0.2, 0.25) is 0 Å². The summed E-state index contributed by atoms with van der Waals surface area (Å²) in [6, 6.07) is -2.30. The molecule has 3 aliphatic rings. The van der Waals surface area contributed by atoms with Gasteiger partial charge in [-0.1, -0.05) is 53.5 Å². The van der Waals surface area contributed by atoms with Gasteiger partial charge in [0, 0.05) is 13.1 Å². The molecule has 3 amide bonds. The summed E-state index contributed by atoms with van der Waals surface area (Å²) >= 11 is 0. The van der Waals surface area contributed by atoms with E-state index in [1.54, 1.807) is 4.90 Å². The lowest BCUT2D eigenvalue weighted by Gasteiger charge is -2.36. The molecule has 1 aliphatic heterocycles. The van der Waals surface area contributed by atoms with Crippen LogP contribution in [0.3, 0.4) is 0 Å². The first-order chi connectivity index (χ1) is 14.8. The average Bonchev–Trinajstić information content (AvgIpc) is 3.56. The van der Waals surface area contributed by atoms with E-state index >= 15 is 0 Å². The molecule has 3 rings (SSSR count). The number of carbonyl (C=O) groups is 4. The van der Waals surface area contributed by atoms with Crippen LogP contribution in [0.4, 0.5) is 0 Å². The third-order valence-corrected chi connectivity index (χ3v) is 7.49. The number of ketones is 1. The molecule has 0 aromatic carbocycles. The molecule has 5 atom stereocenters. The van der Waals surface area contributed by atoms with Crippen LogP contribution in [-0.2, 0) is 19.2 Å². The first-order valence-corrected chi connectivity index (χ1v) is 11.6. The summed E-state index contributed by atoms with van der Waals surface area (Å²) < 4.78 is 0. The lowest BCUT2D eigenvalue weighted by Crippen LogP contribution is -2.59. The van der Waals surface area contributed by atoms with Gasteiger partial charge >= 0.3 is 0 Å². The Labute approximate surface area is 190 Å². The number of rotatable bonds is 9. The molecule has 4 N–H and O–H groups in total. The zero-order valence-electron chi connectivity index (χ0n) is 19.9. The summed E-state index contributed by atoms with van der Waals surface area (Å²) in [6.45, 7) is 14.1. The number of nitrogens with two attached hydrogens (primary N) is 1. The van der Waals surface area contributed by atoms with Crippen molar-refractivity contribution in [3.63, 3.8) is 0 Å². The van der Waals surface area contributed by atoms with Crippen molar-refractivity contribution in [3.05, 3.63) is 12.7 Å². The zero-order valence-corrected chi connectivity index (χ0v) is 19.9. The second kappa shape index (κ2) is 8.61. The van der Waals surface area contributed by atoms with Crippen LogP contribution in [0.5, 0.6) is 0 Å². The van der Waals surface area contributed by atoms with Crippen LogP contribution in [0.15, 0.2) is 12.7 Å². The number of hydrogen-bond acceptors (Lipinski definition) is 5. The first kappa shape index (κ1) is 24.4. The van der Waals surface area contributed by atoms with Gasteiger partial charge in [-0.2, -0.15) is 0 Å². The van der Waals surface area contributed by atoms with E-state index in [4.69, 9.17) is 5.73 Å². The predicted octanol–water partition coefficient (Wildman–Crippen LogP) is 0.999. The van der Waals surface area contributed by atoms with Gasteiger partial charge in [0.2, 0.25) is 17.6 Å². The van der Waals surface area contributed by atoms with E-state index in [9.17, 15) is 19.2 Å². The summed E-state index contributed by atoms with van der Waals surface area (Å²) in [4.78, 5) is 53.3. The number of amides is 3. The molecule has 3 fully saturated rings. The molecule has 0 aromatic rings. The van der Waals surface area contributed by atoms with E-state index in [2.05, 4.69) is 31.1 Å². The van der Waals surface area contributed by atoms with E-state index in [1.807, 2.05) is 20.8 Å². The van der Waals surface area contributed by atoms with Gasteiger partial charge in [0.05, 0.1) is 12.1 Å². The maximum absolute atomic E-state index is 13.5. The smallest absolute Gasteiger partial charge is 0.289 e. The van der Waals surface area contributed by atoms with Crippen molar-refractivity contribution in [1.29, 1.82) is 0 Å². The van der Waals surface area contributed by atoms with E-state index in [0.29, 0.717) is 18.9 Å². The van der Waals surface area contributed by atoms with Crippen LogP contribution in [-0.4, -0.2) is 59.6 Å². The molecule has 0 aromatic heterocycles. The molecule has 2 aliphatic carbocycles. The molecule has 8 nitrogen and oxygen atoms in total. The Morgan fingerprint density at radius 2 is 1.84 bits per heavy atom. The van der Waals surface area contributed by atoms with Crippen molar-refractivity contribution >= 4 is 23.5 Å². The van der Waals surface area contributed by atoms with Crippen LogP contribution >= 0.6 is 0 Å². The normalized spacial score (nSPS) is 27.7. The Morgan fingerprint density at radius 1 is 1.22 bits per heavy atom. The van der Waals surface area contributed by atoms with E-state index in [0.717, 1.165) is 12.8 Å². The monoisotopic (exact) mass is 446 g/mol. The van der Waals surface area contributed by atoms with Crippen LogP contribution in [0.25, 0.3) is 0 Å². The van der Waals surface area contributed by atoms with Gasteiger partial charge < -0.3 is 21.3 Å². The summed E-state index contributed by atoms with van der Waals surface area (Å²) in [6.07, 6.45) is 3.90. The molecule has 32 heavy (non-hydrogen) atoms. The third-order valence-electron chi connectivity index (χ3n) is 7.49. The maximum Gasteiger partial charge on any atom is 0.289 e. The van der Waals surface area contributed by atoms with Gasteiger partial charge in [-0.25, -0.2) is 0 Å². The second-order valence-corrected chi connectivity index (χ2v) is 11.3. The van der Waals surface area contributed by atoms with Crippen molar-refractivity contribution in [2.75, 3.05) is 13.1 Å². The molecule has 1 saturated heterocycles. The van der Waals surface area contributed by atoms with Crippen molar-refractivity contribution in [3.8, 4) is 0 Å². The van der Waals surface area contributed by atoms with E-state index in [1.165, 1.54) is 6.08 Å². The number of fused-ring (bicyclic) bond motifs is 1. The number of piperidine rings is 1. The Balaban J connectivity index is 1.78. The minimum absolute atomic E-state index is 0.0184. The molecule has 1 heterocycles. The van der Waals surface area contributed by atoms with Gasteiger partial charge in [0.15, 0.2) is 0 Å². The summed E-state index contributed by atoms with van der Waals surface area (Å²) in [5, 5.41) is 5.33. The quantitative estimate of drug-likeness (QED) is 0.360. The molecule has 0 radical (unpaired) electrons. The summed E-state index contributed by atoms with van der Waals surface area (Å²) in [5.74, 6) is -1.41. The first-order valence-electron chi connectivity index (χ1n) is 11.6. The molecule has 178 valence electrons. The van der Waals surface area contributed by atoms with Gasteiger partial charge in [-0.05, 0) is 35.0 Å². The minimum atomic E-state index is -0.894. The average molecular weight is 447 g/mol. The number of Topliss-reactive ketones (excluding diaryl/α,β-unsaturated/α-hetero) is 1. The van der Waals surface area contributed by atoms with Crippen LogP contribution in [0, 0.1) is 28.6 Å². The van der Waals surface area contributed by atoms with E-state index in [-0.39, 0.29) is 35.6 Å².